The summed E-state index contributed by atoms with van der Waals surface area (Å²) >= 11 is 0. The molecule has 2 rings (SSSR count). The van der Waals surface area contributed by atoms with Gasteiger partial charge in [-0.25, -0.2) is 0 Å². The predicted molar refractivity (Wildman–Crippen MR) is 71.1 cm³/mol. The topological polar surface area (TPSA) is 32.3 Å². The number of nitrogens with one attached hydrogen (secondary N) is 1. The average Bonchev–Trinajstić information content (AvgIpc) is 2.32. The molecule has 0 aliphatic heterocycles. The Kier molecular flexibility index (Phi) is 4.57. The molecule has 2 N–H and O–H groups in total. The minimum atomic E-state index is -0.0511. The molecular weight excluding hydrogens is 210 g/mol. The van der Waals surface area contributed by atoms with Gasteiger partial charge < -0.3 is 10.4 Å². The lowest BCUT2D eigenvalue weighted by Crippen LogP contribution is -2.35. The van der Waals surface area contributed by atoms with Crippen LogP contribution in [-0.4, -0.2) is 23.8 Å². The smallest absolute Gasteiger partial charge is 0.0541 e. The Hall–Kier alpha value is -0.860. The first-order chi connectivity index (χ1) is 8.24. The Bertz CT molecular complexity index is 343. The molecule has 0 spiro atoms. The summed E-state index contributed by atoms with van der Waals surface area (Å²) < 4.78 is 0. The molecule has 0 radical (unpaired) electrons. The predicted octanol–water partition coefficient (Wildman–Crippen LogP) is 2.43. The van der Waals surface area contributed by atoms with Crippen molar-refractivity contribution in [2.24, 2.45) is 0 Å². The highest BCUT2D eigenvalue weighted by molar-refractivity contribution is 5.22. The Balaban J connectivity index is 1.69. The van der Waals surface area contributed by atoms with Gasteiger partial charge >= 0.3 is 0 Å². The van der Waals surface area contributed by atoms with Crippen molar-refractivity contribution in [2.75, 3.05) is 6.54 Å². The fourth-order valence-corrected chi connectivity index (χ4v) is 2.57. The van der Waals surface area contributed by atoms with E-state index in [1.54, 1.807) is 0 Å². The first-order valence-electron chi connectivity index (χ1n) is 6.71. The highest BCUT2D eigenvalue weighted by atomic mass is 16.3. The minimum Gasteiger partial charge on any atom is -0.393 e. The summed E-state index contributed by atoms with van der Waals surface area (Å²) in [4.78, 5) is 0. The van der Waals surface area contributed by atoms with Crippen LogP contribution in [0.1, 0.15) is 36.8 Å². The number of aliphatic hydroxyl groups excluding tert-OH is 1. The van der Waals surface area contributed by atoms with E-state index < -0.39 is 0 Å². The number of hydrogen-bond donors (Lipinski definition) is 2. The van der Waals surface area contributed by atoms with E-state index in [0.29, 0.717) is 6.04 Å². The largest absolute Gasteiger partial charge is 0.393 e. The quantitative estimate of drug-likeness (QED) is 0.837. The summed E-state index contributed by atoms with van der Waals surface area (Å²) in [5.41, 5.74) is 2.75. The zero-order valence-corrected chi connectivity index (χ0v) is 10.7. The fraction of sp³-hybridized carbons (Fsp3) is 0.600. The maximum Gasteiger partial charge on any atom is 0.0541 e. The van der Waals surface area contributed by atoms with Gasteiger partial charge in [-0.2, -0.15) is 0 Å². The second-order valence-electron chi connectivity index (χ2n) is 5.20. The molecule has 0 unspecified atom stereocenters. The van der Waals surface area contributed by atoms with Crippen LogP contribution in [0.5, 0.6) is 0 Å². The molecule has 2 heteroatoms. The van der Waals surface area contributed by atoms with E-state index in [1.807, 2.05) is 0 Å². The van der Waals surface area contributed by atoms with Crippen molar-refractivity contribution < 1.29 is 5.11 Å². The number of benzene rings is 1. The highest BCUT2D eigenvalue weighted by Gasteiger charge is 2.18. The van der Waals surface area contributed by atoms with Crippen LogP contribution in [0.15, 0.2) is 24.3 Å². The zero-order valence-electron chi connectivity index (χ0n) is 10.7. The molecule has 17 heavy (non-hydrogen) atoms. The van der Waals surface area contributed by atoms with E-state index in [1.165, 1.54) is 11.1 Å². The van der Waals surface area contributed by atoms with E-state index in [9.17, 15) is 5.11 Å². The van der Waals surface area contributed by atoms with Gasteiger partial charge in [-0.3, -0.25) is 0 Å². The van der Waals surface area contributed by atoms with Crippen molar-refractivity contribution >= 4 is 0 Å². The van der Waals surface area contributed by atoms with E-state index in [2.05, 4.69) is 36.5 Å². The van der Waals surface area contributed by atoms with Crippen LogP contribution in [0.4, 0.5) is 0 Å². The van der Waals surface area contributed by atoms with Gasteiger partial charge in [0.1, 0.15) is 0 Å². The molecule has 0 atom stereocenters. The third kappa shape index (κ3) is 4.14. The van der Waals surface area contributed by atoms with Crippen molar-refractivity contribution in [2.45, 2.75) is 51.2 Å². The molecule has 1 aromatic carbocycles. The van der Waals surface area contributed by atoms with Gasteiger partial charge in [0.2, 0.25) is 0 Å². The van der Waals surface area contributed by atoms with Gasteiger partial charge in [0.05, 0.1) is 6.10 Å². The lowest BCUT2D eigenvalue weighted by molar-refractivity contribution is 0.117. The Morgan fingerprint density at radius 2 is 2.00 bits per heavy atom. The van der Waals surface area contributed by atoms with Crippen LogP contribution in [-0.2, 0) is 6.42 Å². The Morgan fingerprint density at radius 3 is 2.71 bits per heavy atom. The van der Waals surface area contributed by atoms with E-state index in [0.717, 1.165) is 38.6 Å². The molecule has 1 aliphatic rings. The lowest BCUT2D eigenvalue weighted by Gasteiger charge is -2.26. The average molecular weight is 233 g/mol. The molecule has 94 valence electrons. The van der Waals surface area contributed by atoms with Gasteiger partial charge in [0.15, 0.2) is 0 Å². The van der Waals surface area contributed by atoms with E-state index in [4.69, 9.17) is 0 Å². The molecule has 1 saturated carbocycles. The van der Waals surface area contributed by atoms with Crippen molar-refractivity contribution in [3.63, 3.8) is 0 Å². The summed E-state index contributed by atoms with van der Waals surface area (Å²) in [6, 6.07) is 9.33. The lowest BCUT2D eigenvalue weighted by atomic mass is 9.93. The first kappa shape index (κ1) is 12.6. The number of aliphatic hydroxyl groups is 1. The molecule has 1 aliphatic carbocycles. The Labute approximate surface area is 104 Å². The second kappa shape index (κ2) is 6.18. The third-order valence-electron chi connectivity index (χ3n) is 3.63. The zero-order chi connectivity index (χ0) is 12.1. The molecule has 2 nitrogen and oxygen atoms in total. The van der Waals surface area contributed by atoms with Gasteiger partial charge in [0.25, 0.3) is 0 Å². The SMILES string of the molecule is Cc1cccc(CCNC2CCC(O)CC2)c1. The number of rotatable bonds is 4. The van der Waals surface area contributed by atoms with Crippen LogP contribution in [0.2, 0.25) is 0 Å². The summed E-state index contributed by atoms with van der Waals surface area (Å²) in [6.45, 7) is 3.18. The van der Waals surface area contributed by atoms with Crippen LogP contribution in [0.3, 0.4) is 0 Å². The monoisotopic (exact) mass is 233 g/mol. The van der Waals surface area contributed by atoms with E-state index in [-0.39, 0.29) is 6.10 Å². The van der Waals surface area contributed by atoms with Gasteiger partial charge in [-0.1, -0.05) is 29.8 Å². The van der Waals surface area contributed by atoms with Crippen LogP contribution in [0.25, 0.3) is 0 Å². The number of aryl methyl sites for hydroxylation is 1. The second-order valence-corrected chi connectivity index (χ2v) is 5.20. The maximum atomic E-state index is 9.43. The summed E-state index contributed by atoms with van der Waals surface area (Å²) in [5, 5.41) is 13.0. The van der Waals surface area contributed by atoms with Crippen LogP contribution in [0, 0.1) is 6.92 Å². The minimum absolute atomic E-state index is 0.0511. The van der Waals surface area contributed by atoms with Gasteiger partial charge in [-0.05, 0) is 51.1 Å². The summed E-state index contributed by atoms with van der Waals surface area (Å²) in [6.07, 6.45) is 5.21. The molecular formula is C15H23NO. The molecule has 0 aromatic heterocycles. The molecule has 0 bridgehead atoms. The summed E-state index contributed by atoms with van der Waals surface area (Å²) in [5.74, 6) is 0. The normalized spacial score (nSPS) is 24.8. The van der Waals surface area contributed by atoms with E-state index >= 15 is 0 Å². The van der Waals surface area contributed by atoms with Crippen molar-refractivity contribution in [1.29, 1.82) is 0 Å². The third-order valence-corrected chi connectivity index (χ3v) is 3.63. The van der Waals surface area contributed by atoms with Crippen molar-refractivity contribution in [3.05, 3.63) is 35.4 Å². The first-order valence-corrected chi connectivity index (χ1v) is 6.71. The van der Waals surface area contributed by atoms with Gasteiger partial charge in [-0.15, -0.1) is 0 Å². The molecule has 0 saturated heterocycles. The van der Waals surface area contributed by atoms with Gasteiger partial charge in [0, 0.05) is 6.04 Å². The van der Waals surface area contributed by atoms with Crippen LogP contribution < -0.4 is 5.32 Å². The maximum absolute atomic E-state index is 9.43. The highest BCUT2D eigenvalue weighted by Crippen LogP contribution is 2.18. The fourth-order valence-electron chi connectivity index (χ4n) is 2.57. The number of hydrogen-bond acceptors (Lipinski definition) is 2. The summed E-state index contributed by atoms with van der Waals surface area (Å²) in [7, 11) is 0. The van der Waals surface area contributed by atoms with Crippen LogP contribution >= 0.6 is 0 Å². The Morgan fingerprint density at radius 1 is 1.24 bits per heavy atom. The standard InChI is InChI=1S/C15H23NO/c1-12-3-2-4-13(11-12)9-10-16-14-5-7-15(17)8-6-14/h2-4,11,14-17H,5-10H2,1H3. The van der Waals surface area contributed by atoms with Crippen molar-refractivity contribution in [3.8, 4) is 0 Å². The molecule has 1 aromatic rings. The molecule has 0 heterocycles. The molecule has 1 fully saturated rings. The molecule has 0 amide bonds. The van der Waals surface area contributed by atoms with Crippen molar-refractivity contribution in [1.82, 2.24) is 5.32 Å².